The third-order valence-electron chi connectivity index (χ3n) is 4.34. The number of hydrogen-bond acceptors (Lipinski definition) is 4. The highest BCUT2D eigenvalue weighted by Crippen LogP contribution is 2.55. The molecular formula is C13H14N4O2. The Balaban J connectivity index is 2.74. The largest absolute Gasteiger partial charge is 0.368 e. The maximum Gasteiger partial charge on any atom is 0.243 e. The van der Waals surface area contributed by atoms with Crippen LogP contribution >= 0.6 is 0 Å². The van der Waals surface area contributed by atoms with Gasteiger partial charge in [0.05, 0.1) is 12.1 Å². The summed E-state index contributed by atoms with van der Waals surface area (Å²) in [4.78, 5) is 23.9. The lowest BCUT2D eigenvalue weighted by Crippen LogP contribution is -2.63. The lowest BCUT2D eigenvalue weighted by Gasteiger charge is -2.50. The Hall–Kier alpha value is -2.34. The zero-order chi connectivity index (χ0) is 14.3. The molecule has 1 heterocycles. The average Bonchev–Trinajstić information content (AvgIpc) is 2.37. The number of fused-ring (bicyclic) bond motifs is 1. The Labute approximate surface area is 110 Å². The Morgan fingerprint density at radius 1 is 1.58 bits per heavy atom. The normalized spacial score (nSPS) is 37.1. The number of hydrogen-bond donors (Lipinski definition) is 2. The van der Waals surface area contributed by atoms with Gasteiger partial charge in [0.2, 0.25) is 11.8 Å². The van der Waals surface area contributed by atoms with Crippen LogP contribution in [0.5, 0.6) is 0 Å². The summed E-state index contributed by atoms with van der Waals surface area (Å²) in [5, 5.41) is 21.4. The molecule has 1 fully saturated rings. The van der Waals surface area contributed by atoms with Gasteiger partial charge >= 0.3 is 0 Å². The van der Waals surface area contributed by atoms with E-state index in [2.05, 4.69) is 5.32 Å². The van der Waals surface area contributed by atoms with Crippen LogP contribution in [0.25, 0.3) is 0 Å². The monoisotopic (exact) mass is 258 g/mol. The van der Waals surface area contributed by atoms with Gasteiger partial charge in [-0.15, -0.1) is 0 Å². The smallest absolute Gasteiger partial charge is 0.243 e. The molecule has 6 heteroatoms. The van der Waals surface area contributed by atoms with E-state index >= 15 is 0 Å². The maximum atomic E-state index is 12.0. The van der Waals surface area contributed by atoms with E-state index < -0.39 is 28.6 Å². The summed E-state index contributed by atoms with van der Waals surface area (Å²) in [6, 6.07) is 3.66. The van der Waals surface area contributed by atoms with E-state index in [0.717, 1.165) is 12.8 Å². The van der Waals surface area contributed by atoms with Crippen LogP contribution in [0, 0.1) is 39.4 Å². The van der Waals surface area contributed by atoms with Crippen LogP contribution in [-0.2, 0) is 9.59 Å². The minimum Gasteiger partial charge on any atom is -0.368 e. The van der Waals surface area contributed by atoms with Gasteiger partial charge in [0.1, 0.15) is 0 Å². The van der Waals surface area contributed by atoms with Gasteiger partial charge in [-0.2, -0.15) is 10.5 Å². The fraction of sp³-hybridized carbons (Fsp3) is 0.538. The van der Waals surface area contributed by atoms with Crippen molar-refractivity contribution >= 4 is 11.8 Å². The van der Waals surface area contributed by atoms with E-state index in [1.54, 1.807) is 13.0 Å². The average molecular weight is 258 g/mol. The summed E-state index contributed by atoms with van der Waals surface area (Å²) in [7, 11) is 0. The van der Waals surface area contributed by atoms with Gasteiger partial charge in [-0.25, -0.2) is 0 Å². The molecule has 2 aliphatic rings. The van der Waals surface area contributed by atoms with Crippen LogP contribution in [0.4, 0.5) is 0 Å². The summed E-state index contributed by atoms with van der Waals surface area (Å²) < 4.78 is 0. The molecule has 0 unspecified atom stereocenters. The van der Waals surface area contributed by atoms with Gasteiger partial charge in [-0.05, 0) is 19.3 Å². The van der Waals surface area contributed by atoms with Gasteiger partial charge < -0.3 is 11.1 Å². The molecule has 0 bridgehead atoms. The van der Waals surface area contributed by atoms with E-state index in [4.69, 9.17) is 5.73 Å². The van der Waals surface area contributed by atoms with E-state index in [0.29, 0.717) is 12.1 Å². The fourth-order valence-corrected chi connectivity index (χ4v) is 3.19. The minimum absolute atomic E-state index is 0.536. The van der Waals surface area contributed by atoms with E-state index in [-0.39, 0.29) is 0 Å². The molecule has 1 saturated heterocycles. The molecule has 0 aromatic heterocycles. The third-order valence-corrected chi connectivity index (χ3v) is 4.34. The molecule has 19 heavy (non-hydrogen) atoms. The standard InChI is InChI=1S/C13H14N4O2/c1-12-5-3-2-4-9(12)17-10(18)8(6-14)13(12,7-15)11(16)19/h4,8H,2-3,5H2,1H3,(H2,16,19)(H,17,18)/t8-,12+,13+/m1/s1. The molecule has 2 rings (SSSR count). The highest BCUT2D eigenvalue weighted by Gasteiger charge is 2.65. The van der Waals surface area contributed by atoms with E-state index in [9.17, 15) is 20.1 Å². The summed E-state index contributed by atoms with van der Waals surface area (Å²) in [6.07, 6.45) is 3.89. The summed E-state index contributed by atoms with van der Waals surface area (Å²) in [6.45, 7) is 1.72. The predicted molar refractivity (Wildman–Crippen MR) is 64.5 cm³/mol. The first-order chi connectivity index (χ1) is 8.94. The number of nitriles is 2. The van der Waals surface area contributed by atoms with Crippen molar-refractivity contribution in [3.63, 3.8) is 0 Å². The SMILES string of the molecule is C[C@]12CCCC=C1NC(=O)[C@@H](C#N)[C@@]2(C#N)C(N)=O. The van der Waals surface area contributed by atoms with Crippen molar-refractivity contribution < 1.29 is 9.59 Å². The first-order valence-corrected chi connectivity index (χ1v) is 6.06. The number of nitrogens with zero attached hydrogens (tertiary/aromatic N) is 2. The molecule has 0 aromatic rings. The number of nitrogens with one attached hydrogen (secondary N) is 1. The Morgan fingerprint density at radius 2 is 2.26 bits per heavy atom. The second-order valence-electron chi connectivity index (χ2n) is 5.18. The minimum atomic E-state index is -1.81. The maximum absolute atomic E-state index is 12.0. The van der Waals surface area contributed by atoms with Crippen molar-refractivity contribution in [3.8, 4) is 12.1 Å². The van der Waals surface area contributed by atoms with Crippen LogP contribution in [0.2, 0.25) is 0 Å². The number of carbonyl (C=O) groups is 2. The van der Waals surface area contributed by atoms with Crippen molar-refractivity contribution in [3.05, 3.63) is 11.8 Å². The molecule has 0 aromatic carbocycles. The Bertz CT molecular complexity index is 568. The number of rotatable bonds is 1. The van der Waals surface area contributed by atoms with Crippen molar-refractivity contribution in [2.75, 3.05) is 0 Å². The number of piperidine rings is 1. The molecule has 1 aliphatic heterocycles. The van der Waals surface area contributed by atoms with Crippen molar-refractivity contribution in [1.29, 1.82) is 10.5 Å². The second-order valence-corrected chi connectivity index (χ2v) is 5.18. The van der Waals surface area contributed by atoms with Crippen LogP contribution in [0.1, 0.15) is 26.2 Å². The second kappa shape index (κ2) is 4.10. The van der Waals surface area contributed by atoms with Gasteiger partial charge in [0.15, 0.2) is 11.3 Å². The molecule has 0 spiro atoms. The van der Waals surface area contributed by atoms with E-state index in [1.165, 1.54) is 0 Å². The van der Waals surface area contributed by atoms with Gasteiger partial charge in [0.25, 0.3) is 0 Å². The molecule has 6 nitrogen and oxygen atoms in total. The molecule has 2 amide bonds. The molecule has 1 aliphatic carbocycles. The highest BCUT2D eigenvalue weighted by atomic mass is 16.2. The molecule has 3 N–H and O–H groups in total. The lowest BCUT2D eigenvalue weighted by atomic mass is 9.52. The Kier molecular flexibility index (Phi) is 2.83. The third kappa shape index (κ3) is 1.40. The molecule has 0 radical (unpaired) electrons. The summed E-state index contributed by atoms with van der Waals surface area (Å²) in [5.74, 6) is -2.92. The topological polar surface area (TPSA) is 120 Å². The molecule has 98 valence electrons. The summed E-state index contributed by atoms with van der Waals surface area (Å²) in [5.41, 5.74) is 3.23. The van der Waals surface area contributed by atoms with Crippen LogP contribution in [0.15, 0.2) is 11.8 Å². The first kappa shape index (κ1) is 13.1. The van der Waals surface area contributed by atoms with Gasteiger partial charge in [-0.3, -0.25) is 9.59 Å². The summed E-state index contributed by atoms with van der Waals surface area (Å²) >= 11 is 0. The number of allylic oxidation sites excluding steroid dienone is 2. The number of carbonyl (C=O) groups excluding carboxylic acids is 2. The van der Waals surface area contributed by atoms with Crippen molar-refractivity contribution in [2.24, 2.45) is 22.5 Å². The molecule has 3 atom stereocenters. The zero-order valence-corrected chi connectivity index (χ0v) is 10.6. The van der Waals surface area contributed by atoms with Crippen LogP contribution in [0.3, 0.4) is 0 Å². The molecular weight excluding hydrogens is 244 g/mol. The van der Waals surface area contributed by atoms with Crippen LogP contribution < -0.4 is 11.1 Å². The number of amides is 2. The number of primary amides is 1. The quantitative estimate of drug-likeness (QED) is 0.703. The first-order valence-electron chi connectivity index (χ1n) is 6.06. The lowest BCUT2D eigenvalue weighted by molar-refractivity contribution is -0.144. The molecule has 0 saturated carbocycles. The van der Waals surface area contributed by atoms with Gasteiger partial charge in [0, 0.05) is 11.1 Å². The van der Waals surface area contributed by atoms with Gasteiger partial charge in [-0.1, -0.05) is 13.0 Å². The van der Waals surface area contributed by atoms with E-state index in [1.807, 2.05) is 12.1 Å². The van der Waals surface area contributed by atoms with Crippen molar-refractivity contribution in [2.45, 2.75) is 26.2 Å². The zero-order valence-electron chi connectivity index (χ0n) is 10.6. The van der Waals surface area contributed by atoms with Crippen LogP contribution in [-0.4, -0.2) is 11.8 Å². The number of nitrogens with two attached hydrogens (primary N) is 1. The van der Waals surface area contributed by atoms with Crippen molar-refractivity contribution in [1.82, 2.24) is 5.32 Å². The fourth-order valence-electron chi connectivity index (χ4n) is 3.19. The predicted octanol–water partition coefficient (Wildman–Crippen LogP) is 0.325. The Morgan fingerprint density at radius 3 is 2.79 bits per heavy atom. The highest BCUT2D eigenvalue weighted by molar-refractivity contribution is 5.97.